The molecule has 0 aromatic heterocycles. The molecule has 0 bridgehead atoms. The van der Waals surface area contributed by atoms with Crippen molar-refractivity contribution in [2.24, 2.45) is 0 Å². The molecule has 0 aliphatic heterocycles. The topological polar surface area (TPSA) is 102 Å². The van der Waals surface area contributed by atoms with Crippen LogP contribution in [0.15, 0.2) is 36.0 Å². The van der Waals surface area contributed by atoms with Crippen LogP contribution in [0.4, 0.5) is 0 Å². The fourth-order valence-corrected chi connectivity index (χ4v) is 1.85. The Labute approximate surface area is 132 Å². The lowest BCUT2D eigenvalue weighted by Gasteiger charge is -1.80. The Morgan fingerprint density at radius 2 is 1.30 bits per heavy atom. The van der Waals surface area contributed by atoms with Gasteiger partial charge in [-0.05, 0) is 36.3 Å². The summed E-state index contributed by atoms with van der Waals surface area (Å²) in [6.45, 7) is 5.08. The van der Waals surface area contributed by atoms with Gasteiger partial charge in [0.25, 0.3) is 0 Å². The summed E-state index contributed by atoms with van der Waals surface area (Å²) in [6, 6.07) is 0. The van der Waals surface area contributed by atoms with Gasteiger partial charge in [-0.1, -0.05) is 6.58 Å². The van der Waals surface area contributed by atoms with Crippen LogP contribution in [0.25, 0.3) is 0 Å². The molecule has 0 saturated heterocycles. The maximum Gasteiger partial charge on any atom is 0.166 e. The zero-order valence-corrected chi connectivity index (χ0v) is 12.7. The third-order valence-corrected chi connectivity index (χ3v) is 3.12. The molecule has 0 amide bonds. The van der Waals surface area contributed by atoms with Crippen molar-refractivity contribution in [2.45, 2.75) is 32.6 Å². The first kappa shape index (κ1) is 18.3. The molecule has 3 rings (SSSR count). The lowest BCUT2D eigenvalue weighted by atomic mass is 10.2. The predicted octanol–water partition coefficient (Wildman–Crippen LogP) is 1.03. The molecule has 6 nitrogen and oxygen atoms in total. The van der Waals surface area contributed by atoms with Crippen LogP contribution in [0, 0.1) is 0 Å². The molecule has 0 N–H and O–H groups in total. The van der Waals surface area contributed by atoms with Crippen LogP contribution in [-0.4, -0.2) is 34.7 Å². The summed E-state index contributed by atoms with van der Waals surface area (Å²) in [7, 11) is 0. The number of hydrogen-bond donors (Lipinski definition) is 0. The third kappa shape index (κ3) is 6.25. The Kier molecular flexibility index (Phi) is 6.38. The van der Waals surface area contributed by atoms with E-state index in [-0.39, 0.29) is 60.4 Å². The summed E-state index contributed by atoms with van der Waals surface area (Å²) in [5.41, 5.74) is 1.06. The third-order valence-electron chi connectivity index (χ3n) is 3.12. The molecule has 0 heterocycles. The van der Waals surface area contributed by atoms with Gasteiger partial charge in [-0.15, -0.1) is 0 Å². The van der Waals surface area contributed by atoms with E-state index in [9.17, 15) is 28.8 Å². The largest absolute Gasteiger partial charge is 0.299 e. The van der Waals surface area contributed by atoms with Gasteiger partial charge >= 0.3 is 0 Å². The number of rotatable bonds is 0. The fraction of sp³-hybridized carbons (Fsp3) is 0.294. The second-order valence-electron chi connectivity index (χ2n) is 5.26. The summed E-state index contributed by atoms with van der Waals surface area (Å²) >= 11 is 0. The summed E-state index contributed by atoms with van der Waals surface area (Å²) < 4.78 is 0. The number of allylic oxidation sites excluding steroid dienone is 5. The Morgan fingerprint density at radius 3 is 1.43 bits per heavy atom. The number of Topliss-reactive ketones (excluding diaryl/α,β-unsaturated/α-hetero) is 3. The van der Waals surface area contributed by atoms with Gasteiger partial charge in [0.1, 0.15) is 5.78 Å². The number of hydrogen-bond acceptors (Lipinski definition) is 6. The van der Waals surface area contributed by atoms with Gasteiger partial charge in [0, 0.05) is 6.42 Å². The molecule has 0 spiro atoms. The van der Waals surface area contributed by atoms with Crippen molar-refractivity contribution in [2.75, 3.05) is 0 Å². The molecular weight excluding hydrogens is 300 g/mol. The summed E-state index contributed by atoms with van der Waals surface area (Å²) in [5, 5.41) is 0. The molecule has 3 aliphatic rings. The molecule has 0 atom stereocenters. The van der Waals surface area contributed by atoms with Gasteiger partial charge in [0.15, 0.2) is 28.9 Å². The van der Waals surface area contributed by atoms with Crippen LogP contribution in [0.3, 0.4) is 0 Å². The highest BCUT2D eigenvalue weighted by atomic mass is 16.2. The minimum atomic E-state index is -0.0880. The van der Waals surface area contributed by atoms with Crippen molar-refractivity contribution in [1.82, 2.24) is 0 Å². The molecule has 3 aliphatic carbocycles. The maximum absolute atomic E-state index is 10.5. The quantitative estimate of drug-likeness (QED) is 0.488. The van der Waals surface area contributed by atoms with Crippen molar-refractivity contribution >= 4 is 34.7 Å². The van der Waals surface area contributed by atoms with Gasteiger partial charge < -0.3 is 0 Å². The molecule has 1 saturated carbocycles. The van der Waals surface area contributed by atoms with Crippen LogP contribution in [0.2, 0.25) is 0 Å². The van der Waals surface area contributed by atoms with Gasteiger partial charge in [-0.25, -0.2) is 0 Å². The van der Waals surface area contributed by atoms with Crippen LogP contribution in [0.5, 0.6) is 0 Å². The zero-order chi connectivity index (χ0) is 17.6. The summed E-state index contributed by atoms with van der Waals surface area (Å²) in [6.07, 6.45) is 4.54. The van der Waals surface area contributed by atoms with E-state index < -0.39 is 0 Å². The SMILES string of the molecule is C=C1CC(=O)CC1=O.CC1=CC(=O)CC1=O.O=C1C=CC(=O)C1. The van der Waals surface area contributed by atoms with E-state index in [1.165, 1.54) is 18.2 Å². The molecule has 1 fully saturated rings. The van der Waals surface area contributed by atoms with E-state index in [1.54, 1.807) is 6.92 Å². The monoisotopic (exact) mass is 316 g/mol. The van der Waals surface area contributed by atoms with Crippen molar-refractivity contribution < 1.29 is 28.8 Å². The van der Waals surface area contributed by atoms with Gasteiger partial charge in [0.05, 0.1) is 19.3 Å². The smallest absolute Gasteiger partial charge is 0.166 e. The fourth-order valence-electron chi connectivity index (χ4n) is 1.85. The van der Waals surface area contributed by atoms with Gasteiger partial charge in [0.2, 0.25) is 0 Å². The minimum Gasteiger partial charge on any atom is -0.299 e. The second kappa shape index (κ2) is 8.03. The molecule has 120 valence electrons. The molecule has 6 heteroatoms. The molecule has 0 aromatic rings. The molecule has 0 radical (unpaired) electrons. The van der Waals surface area contributed by atoms with E-state index in [0.717, 1.165) is 0 Å². The lowest BCUT2D eigenvalue weighted by Crippen LogP contribution is -1.93. The van der Waals surface area contributed by atoms with Crippen molar-refractivity contribution in [3.8, 4) is 0 Å². The average molecular weight is 316 g/mol. The zero-order valence-electron chi connectivity index (χ0n) is 12.7. The Bertz CT molecular complexity index is 638. The average Bonchev–Trinajstić information content (AvgIpc) is 3.04. The summed E-state index contributed by atoms with van der Waals surface area (Å²) in [5.74, 6) is -0.340. The van der Waals surface area contributed by atoms with Crippen LogP contribution in [-0.2, 0) is 28.8 Å². The van der Waals surface area contributed by atoms with E-state index >= 15 is 0 Å². The number of carbonyl (C=O) groups is 6. The van der Waals surface area contributed by atoms with E-state index in [0.29, 0.717) is 11.1 Å². The normalized spacial score (nSPS) is 19.5. The first-order chi connectivity index (χ1) is 10.7. The maximum atomic E-state index is 10.5. The molecular formula is C17H16O6. The highest BCUT2D eigenvalue weighted by Crippen LogP contribution is 2.13. The Hall–Kier alpha value is -2.76. The van der Waals surface area contributed by atoms with Crippen LogP contribution in [0.1, 0.15) is 32.6 Å². The highest BCUT2D eigenvalue weighted by Gasteiger charge is 2.22. The Morgan fingerprint density at radius 1 is 0.739 bits per heavy atom. The molecule has 0 aromatic carbocycles. The molecule has 0 unspecified atom stereocenters. The first-order valence-electron chi connectivity index (χ1n) is 6.89. The first-order valence-corrected chi connectivity index (χ1v) is 6.89. The van der Waals surface area contributed by atoms with Crippen LogP contribution < -0.4 is 0 Å². The van der Waals surface area contributed by atoms with Crippen molar-refractivity contribution in [1.29, 1.82) is 0 Å². The van der Waals surface area contributed by atoms with Crippen molar-refractivity contribution in [3.05, 3.63) is 36.0 Å². The van der Waals surface area contributed by atoms with E-state index in [2.05, 4.69) is 6.58 Å². The van der Waals surface area contributed by atoms with E-state index in [4.69, 9.17) is 0 Å². The minimum absolute atomic E-state index is 0.000000000000000222. The lowest BCUT2D eigenvalue weighted by molar-refractivity contribution is -0.122. The molecule has 23 heavy (non-hydrogen) atoms. The van der Waals surface area contributed by atoms with Gasteiger partial charge in [-0.3, -0.25) is 28.8 Å². The second-order valence-corrected chi connectivity index (χ2v) is 5.26. The standard InChI is InChI=1S/2C6H6O2.C5H4O2/c2*1-4-2-5(7)3-6(4)8;6-4-1-2-5(7)3-4/h2H,3H2,1H3;1-3H2;1-2H,3H2. The number of ketones is 6. The van der Waals surface area contributed by atoms with Gasteiger partial charge in [-0.2, -0.15) is 0 Å². The Balaban J connectivity index is 0.000000173. The van der Waals surface area contributed by atoms with E-state index in [1.807, 2.05) is 0 Å². The predicted molar refractivity (Wildman–Crippen MR) is 80.5 cm³/mol. The summed E-state index contributed by atoms with van der Waals surface area (Å²) in [4.78, 5) is 62.0. The van der Waals surface area contributed by atoms with Crippen molar-refractivity contribution in [3.63, 3.8) is 0 Å². The van der Waals surface area contributed by atoms with Crippen LogP contribution >= 0.6 is 0 Å². The number of carbonyl (C=O) groups excluding carboxylic acids is 6. The highest BCUT2D eigenvalue weighted by molar-refractivity contribution is 6.19.